The van der Waals surface area contributed by atoms with E-state index in [1.54, 1.807) is 0 Å². The van der Waals surface area contributed by atoms with Crippen LogP contribution in [0.25, 0.3) is 0 Å². The Bertz CT molecular complexity index is 412. The van der Waals surface area contributed by atoms with Gasteiger partial charge in [-0.2, -0.15) is 0 Å². The Morgan fingerprint density at radius 3 is 2.44 bits per heavy atom. The van der Waals surface area contributed by atoms with Crippen LogP contribution in [0, 0.1) is 12.8 Å². The second kappa shape index (κ2) is 4.56. The largest absolute Gasteiger partial charge is 0.345 e. The van der Waals surface area contributed by atoms with Crippen molar-refractivity contribution in [2.24, 2.45) is 5.92 Å². The fourth-order valence-corrected chi connectivity index (χ4v) is 1.88. The van der Waals surface area contributed by atoms with E-state index in [2.05, 4.69) is 68.3 Å². The molecule has 0 radical (unpaired) electrons. The van der Waals surface area contributed by atoms with Crippen LogP contribution < -0.4 is 4.90 Å². The summed E-state index contributed by atoms with van der Waals surface area (Å²) in [7, 11) is 2.12. The Kier molecular flexibility index (Phi) is 3.14. The van der Waals surface area contributed by atoms with Crippen LogP contribution in [-0.4, -0.2) is 7.05 Å². The Morgan fingerprint density at radius 2 is 1.88 bits per heavy atom. The molecule has 1 atom stereocenters. The van der Waals surface area contributed by atoms with E-state index in [1.165, 1.54) is 16.9 Å². The number of aryl methyl sites for hydroxylation is 1. The molecule has 0 aromatic heterocycles. The number of anilines is 1. The maximum Gasteiger partial charge on any atom is 0.0408 e. The molecule has 0 heterocycles. The van der Waals surface area contributed by atoms with E-state index >= 15 is 0 Å². The fourth-order valence-electron chi connectivity index (χ4n) is 1.88. The van der Waals surface area contributed by atoms with Crippen molar-refractivity contribution in [3.8, 4) is 0 Å². The molecule has 1 aliphatic carbocycles. The molecule has 84 valence electrons. The molecular weight excluding hydrogens is 194 g/mol. The van der Waals surface area contributed by atoms with Gasteiger partial charge in [0.1, 0.15) is 0 Å². The number of nitrogens with zero attached hydrogens (tertiary/aromatic N) is 1. The number of likely N-dealkylation sites (N-methyl/N-ethyl adjacent to an activating group) is 1. The number of hydrogen-bond acceptors (Lipinski definition) is 1. The van der Waals surface area contributed by atoms with E-state index in [0.717, 1.165) is 6.42 Å². The Labute approximate surface area is 98.1 Å². The second-order valence-corrected chi connectivity index (χ2v) is 4.60. The first-order valence-electron chi connectivity index (χ1n) is 5.85. The van der Waals surface area contributed by atoms with Crippen molar-refractivity contribution in [2.45, 2.75) is 20.3 Å². The zero-order chi connectivity index (χ0) is 11.5. The molecule has 1 nitrogen and oxygen atoms in total. The lowest BCUT2D eigenvalue weighted by molar-refractivity contribution is 0.727. The summed E-state index contributed by atoms with van der Waals surface area (Å²) in [4.78, 5) is 2.24. The van der Waals surface area contributed by atoms with Gasteiger partial charge < -0.3 is 4.90 Å². The second-order valence-electron chi connectivity index (χ2n) is 4.60. The number of allylic oxidation sites excluding steroid dienone is 3. The molecular formula is C15H19N. The van der Waals surface area contributed by atoms with Crippen molar-refractivity contribution < 1.29 is 0 Å². The van der Waals surface area contributed by atoms with Crippen LogP contribution in [0.3, 0.4) is 0 Å². The van der Waals surface area contributed by atoms with Crippen molar-refractivity contribution in [3.63, 3.8) is 0 Å². The lowest BCUT2D eigenvalue weighted by Crippen LogP contribution is -2.16. The highest BCUT2D eigenvalue weighted by Crippen LogP contribution is 2.23. The SMILES string of the molecule is Cc1ccc(N(C)C2=CCC(C)C=C2)cc1. The van der Waals surface area contributed by atoms with Gasteiger partial charge in [-0.3, -0.25) is 0 Å². The molecule has 2 rings (SSSR count). The van der Waals surface area contributed by atoms with Gasteiger partial charge in [0.05, 0.1) is 0 Å². The van der Waals surface area contributed by atoms with E-state index in [9.17, 15) is 0 Å². The normalized spacial score (nSPS) is 19.4. The van der Waals surface area contributed by atoms with Crippen molar-refractivity contribution >= 4 is 5.69 Å². The molecule has 1 heteroatoms. The van der Waals surface area contributed by atoms with Gasteiger partial charge in [-0.15, -0.1) is 0 Å². The Morgan fingerprint density at radius 1 is 1.19 bits per heavy atom. The summed E-state index contributed by atoms with van der Waals surface area (Å²) in [6, 6.07) is 8.65. The number of benzene rings is 1. The van der Waals surface area contributed by atoms with Crippen LogP contribution in [0.15, 0.2) is 48.2 Å². The van der Waals surface area contributed by atoms with Crippen LogP contribution in [0.1, 0.15) is 18.9 Å². The summed E-state index contributed by atoms with van der Waals surface area (Å²) in [5, 5.41) is 0. The minimum Gasteiger partial charge on any atom is -0.345 e. The predicted molar refractivity (Wildman–Crippen MR) is 70.6 cm³/mol. The minimum atomic E-state index is 0.676. The van der Waals surface area contributed by atoms with Crippen LogP contribution in [-0.2, 0) is 0 Å². The lowest BCUT2D eigenvalue weighted by atomic mass is 10.0. The van der Waals surface area contributed by atoms with Crippen LogP contribution in [0.2, 0.25) is 0 Å². The third-order valence-electron chi connectivity index (χ3n) is 3.10. The van der Waals surface area contributed by atoms with E-state index < -0.39 is 0 Å². The molecule has 16 heavy (non-hydrogen) atoms. The van der Waals surface area contributed by atoms with E-state index in [-0.39, 0.29) is 0 Å². The highest BCUT2D eigenvalue weighted by molar-refractivity contribution is 5.54. The average molecular weight is 213 g/mol. The zero-order valence-electron chi connectivity index (χ0n) is 10.3. The maximum atomic E-state index is 2.31. The van der Waals surface area contributed by atoms with Crippen LogP contribution >= 0.6 is 0 Å². The van der Waals surface area contributed by atoms with Gasteiger partial charge in [0, 0.05) is 18.4 Å². The monoisotopic (exact) mass is 213 g/mol. The Balaban J connectivity index is 2.17. The average Bonchev–Trinajstić information content (AvgIpc) is 2.30. The summed E-state index contributed by atoms with van der Waals surface area (Å²) in [6.45, 7) is 4.36. The van der Waals surface area contributed by atoms with Crippen molar-refractivity contribution in [1.82, 2.24) is 0 Å². The number of rotatable bonds is 2. The van der Waals surface area contributed by atoms with Crippen molar-refractivity contribution in [1.29, 1.82) is 0 Å². The molecule has 1 aromatic carbocycles. The van der Waals surface area contributed by atoms with Gasteiger partial charge in [0.15, 0.2) is 0 Å². The molecule has 0 N–H and O–H groups in total. The molecule has 0 aliphatic heterocycles. The zero-order valence-corrected chi connectivity index (χ0v) is 10.3. The molecule has 1 unspecified atom stereocenters. The van der Waals surface area contributed by atoms with Crippen LogP contribution in [0.5, 0.6) is 0 Å². The van der Waals surface area contributed by atoms with Crippen LogP contribution in [0.4, 0.5) is 5.69 Å². The highest BCUT2D eigenvalue weighted by atomic mass is 15.1. The Hall–Kier alpha value is -1.50. The van der Waals surface area contributed by atoms with Crippen molar-refractivity contribution in [3.05, 3.63) is 53.8 Å². The van der Waals surface area contributed by atoms with Gasteiger partial charge in [-0.05, 0) is 37.5 Å². The quantitative estimate of drug-likeness (QED) is 0.720. The molecule has 0 amide bonds. The van der Waals surface area contributed by atoms with E-state index in [1.807, 2.05) is 0 Å². The first-order valence-corrected chi connectivity index (χ1v) is 5.85. The summed E-state index contributed by atoms with van der Waals surface area (Å²) in [5.74, 6) is 0.676. The van der Waals surface area contributed by atoms with Gasteiger partial charge in [-0.1, -0.05) is 36.8 Å². The molecule has 0 bridgehead atoms. The molecule has 1 aromatic rings. The number of hydrogen-bond donors (Lipinski definition) is 0. The molecule has 0 fully saturated rings. The highest BCUT2D eigenvalue weighted by Gasteiger charge is 2.08. The summed E-state index contributed by atoms with van der Waals surface area (Å²) in [6.07, 6.45) is 7.95. The first-order chi connectivity index (χ1) is 7.66. The molecule has 1 aliphatic rings. The third-order valence-corrected chi connectivity index (χ3v) is 3.10. The molecule has 0 saturated carbocycles. The standard InChI is InChI=1S/C15H19N/c1-12-4-8-14(9-5-12)16(3)15-10-6-13(2)7-11-15/h4-6,8-11,13H,7H2,1-3H3. The fraction of sp³-hybridized carbons (Fsp3) is 0.333. The topological polar surface area (TPSA) is 3.24 Å². The first kappa shape index (κ1) is 11.0. The summed E-state index contributed by atoms with van der Waals surface area (Å²) < 4.78 is 0. The maximum absolute atomic E-state index is 2.31. The van der Waals surface area contributed by atoms with Crippen molar-refractivity contribution in [2.75, 3.05) is 11.9 Å². The van der Waals surface area contributed by atoms with Gasteiger partial charge >= 0.3 is 0 Å². The van der Waals surface area contributed by atoms with E-state index in [4.69, 9.17) is 0 Å². The van der Waals surface area contributed by atoms with Gasteiger partial charge in [0.2, 0.25) is 0 Å². The minimum absolute atomic E-state index is 0.676. The molecule has 0 saturated heterocycles. The van der Waals surface area contributed by atoms with Gasteiger partial charge in [0.25, 0.3) is 0 Å². The predicted octanol–water partition coefficient (Wildman–Crippen LogP) is 3.91. The summed E-state index contributed by atoms with van der Waals surface area (Å²) >= 11 is 0. The third kappa shape index (κ3) is 2.35. The van der Waals surface area contributed by atoms with Gasteiger partial charge in [-0.25, -0.2) is 0 Å². The smallest absolute Gasteiger partial charge is 0.0408 e. The molecule has 0 spiro atoms. The summed E-state index contributed by atoms with van der Waals surface area (Å²) in [5.41, 5.74) is 3.84. The van der Waals surface area contributed by atoms with E-state index in [0.29, 0.717) is 5.92 Å². The lowest BCUT2D eigenvalue weighted by Gasteiger charge is -2.23.